The van der Waals surface area contributed by atoms with Gasteiger partial charge in [-0.3, -0.25) is 9.59 Å². The molecule has 1 amide bonds. The Morgan fingerprint density at radius 2 is 1.87 bits per heavy atom. The number of aliphatic carboxylic acids is 1. The van der Waals surface area contributed by atoms with Gasteiger partial charge in [0.2, 0.25) is 0 Å². The van der Waals surface area contributed by atoms with Gasteiger partial charge in [0.15, 0.2) is 5.75 Å². The first-order chi connectivity index (χ1) is 14.4. The van der Waals surface area contributed by atoms with Crippen molar-refractivity contribution in [2.75, 3.05) is 11.9 Å². The van der Waals surface area contributed by atoms with Crippen LogP contribution < -0.4 is 15.4 Å². The molecular formula is C21H19Cl2N3O4. The maximum Gasteiger partial charge on any atom is 0.322 e. The Labute approximate surface area is 183 Å². The lowest BCUT2D eigenvalue weighted by Gasteiger charge is -2.27. The molecule has 0 radical (unpaired) electrons. The first-order valence-electron chi connectivity index (χ1n) is 9.28. The normalized spacial score (nSPS) is 13.1. The van der Waals surface area contributed by atoms with E-state index in [1.807, 2.05) is 6.07 Å². The molecule has 1 fully saturated rings. The molecule has 3 rings (SSSR count). The molecule has 0 heterocycles. The highest BCUT2D eigenvalue weighted by Gasteiger charge is 2.18. The molecule has 7 nitrogen and oxygen atoms in total. The van der Waals surface area contributed by atoms with E-state index in [0.29, 0.717) is 11.6 Å². The van der Waals surface area contributed by atoms with Crippen LogP contribution in [0.4, 0.5) is 5.69 Å². The fourth-order valence-electron chi connectivity index (χ4n) is 2.95. The Bertz CT molecular complexity index is 993. The molecule has 0 aliphatic heterocycles. The largest absolute Gasteiger partial charge is 0.486 e. The Hall–Kier alpha value is -2.95. The number of carboxylic acids is 1. The minimum absolute atomic E-state index is 0.118. The fourth-order valence-corrected chi connectivity index (χ4v) is 3.55. The number of halogens is 2. The summed E-state index contributed by atoms with van der Waals surface area (Å²) in [5.41, 5.74) is 2.27. The molecule has 1 aliphatic rings. The number of ether oxygens (including phenoxy) is 1. The van der Waals surface area contributed by atoms with Gasteiger partial charge in [-0.2, -0.15) is 5.26 Å². The monoisotopic (exact) mass is 447 g/mol. The molecule has 0 aromatic heterocycles. The van der Waals surface area contributed by atoms with Gasteiger partial charge in [0.25, 0.3) is 5.91 Å². The number of nitriles is 1. The van der Waals surface area contributed by atoms with E-state index in [1.165, 1.54) is 18.6 Å². The van der Waals surface area contributed by atoms with Gasteiger partial charge in [-0.1, -0.05) is 23.2 Å². The number of rotatable bonds is 8. The van der Waals surface area contributed by atoms with Crippen LogP contribution in [-0.2, 0) is 11.4 Å². The van der Waals surface area contributed by atoms with Gasteiger partial charge in [0.1, 0.15) is 13.2 Å². The van der Waals surface area contributed by atoms with Crippen LogP contribution in [-0.4, -0.2) is 29.6 Å². The van der Waals surface area contributed by atoms with Crippen LogP contribution in [0.3, 0.4) is 0 Å². The third-order valence-electron chi connectivity index (χ3n) is 4.64. The molecule has 0 unspecified atom stereocenters. The lowest BCUT2D eigenvalue weighted by atomic mass is 9.93. The van der Waals surface area contributed by atoms with Gasteiger partial charge in [-0.15, -0.1) is 0 Å². The number of carbonyl (C=O) groups is 2. The molecular weight excluding hydrogens is 429 g/mol. The summed E-state index contributed by atoms with van der Waals surface area (Å²) in [6.07, 6.45) is 3.42. The molecule has 156 valence electrons. The van der Waals surface area contributed by atoms with Crippen molar-refractivity contribution in [1.29, 1.82) is 5.26 Å². The van der Waals surface area contributed by atoms with E-state index in [-0.39, 0.29) is 28.0 Å². The third-order valence-corrected chi connectivity index (χ3v) is 5.20. The number of carboxylic acid groups (broad SMARTS) is 1. The molecule has 30 heavy (non-hydrogen) atoms. The van der Waals surface area contributed by atoms with Gasteiger partial charge in [-0.25, -0.2) is 0 Å². The highest BCUT2D eigenvalue weighted by atomic mass is 35.5. The summed E-state index contributed by atoms with van der Waals surface area (Å²) in [6.45, 7) is -0.391. The molecule has 9 heteroatoms. The predicted octanol–water partition coefficient (Wildman–Crippen LogP) is 4.22. The topological polar surface area (TPSA) is 111 Å². The van der Waals surface area contributed by atoms with E-state index < -0.39 is 18.4 Å². The number of carbonyl (C=O) groups excluding carboxylic acids is 1. The summed E-state index contributed by atoms with van der Waals surface area (Å²) < 4.78 is 5.76. The average Bonchev–Trinajstić information content (AvgIpc) is 2.67. The quantitative estimate of drug-likeness (QED) is 0.558. The lowest BCUT2D eigenvalue weighted by Crippen LogP contribution is -2.29. The summed E-state index contributed by atoms with van der Waals surface area (Å²) in [5.74, 6) is -1.57. The number of hydrogen-bond acceptors (Lipinski definition) is 5. The first-order valence-corrected chi connectivity index (χ1v) is 10.0. The molecule has 2 aromatic rings. The van der Waals surface area contributed by atoms with Gasteiger partial charge in [0.05, 0.1) is 21.7 Å². The second-order valence-corrected chi connectivity index (χ2v) is 7.75. The lowest BCUT2D eigenvalue weighted by molar-refractivity contribution is -0.135. The van der Waals surface area contributed by atoms with Gasteiger partial charge in [0, 0.05) is 17.3 Å². The minimum Gasteiger partial charge on any atom is -0.486 e. The van der Waals surface area contributed by atoms with Crippen LogP contribution in [0.25, 0.3) is 0 Å². The van der Waals surface area contributed by atoms with E-state index in [2.05, 4.69) is 16.7 Å². The molecule has 1 saturated carbocycles. The summed E-state index contributed by atoms with van der Waals surface area (Å²) in [7, 11) is 0. The summed E-state index contributed by atoms with van der Waals surface area (Å²) >= 11 is 12.4. The number of benzene rings is 2. The Balaban J connectivity index is 1.72. The van der Waals surface area contributed by atoms with Crippen molar-refractivity contribution < 1.29 is 19.4 Å². The molecule has 2 aromatic carbocycles. The van der Waals surface area contributed by atoms with Crippen LogP contribution in [0.15, 0.2) is 30.3 Å². The highest BCUT2D eigenvalue weighted by Crippen LogP contribution is 2.35. The minimum atomic E-state index is -1.16. The molecule has 0 atom stereocenters. The average molecular weight is 448 g/mol. The van der Waals surface area contributed by atoms with Crippen LogP contribution in [0.5, 0.6) is 5.75 Å². The van der Waals surface area contributed by atoms with E-state index in [9.17, 15) is 14.9 Å². The van der Waals surface area contributed by atoms with Crippen molar-refractivity contribution in [3.8, 4) is 11.8 Å². The summed E-state index contributed by atoms with van der Waals surface area (Å²) in [6, 6.07) is 10.7. The van der Waals surface area contributed by atoms with Gasteiger partial charge in [-0.05, 0) is 55.2 Å². The zero-order valence-electron chi connectivity index (χ0n) is 15.9. The maximum atomic E-state index is 12.0. The number of amides is 1. The van der Waals surface area contributed by atoms with Crippen LogP contribution in [0.1, 0.15) is 40.7 Å². The van der Waals surface area contributed by atoms with Crippen molar-refractivity contribution in [2.45, 2.75) is 31.9 Å². The van der Waals surface area contributed by atoms with E-state index >= 15 is 0 Å². The number of nitrogens with zero attached hydrogens (tertiary/aromatic N) is 1. The molecule has 3 N–H and O–H groups in total. The summed E-state index contributed by atoms with van der Waals surface area (Å²) in [5, 5.41) is 23.8. The standard InChI is InChI=1S/C21H19Cl2N3O4/c22-17-7-14(21(29)25-10-19(27)28)8-18(23)20(17)30-11-13-4-12(9-24)5-16(6-13)26-15-2-1-3-15/h4-8,15,26H,1-3,10-11H2,(H,25,29)(H,27,28). The zero-order chi connectivity index (χ0) is 21.7. The van der Waals surface area contributed by atoms with Gasteiger partial charge < -0.3 is 20.5 Å². The van der Waals surface area contributed by atoms with Crippen LogP contribution >= 0.6 is 23.2 Å². The first kappa shape index (κ1) is 21.8. The van der Waals surface area contributed by atoms with Crippen molar-refractivity contribution in [2.24, 2.45) is 0 Å². The highest BCUT2D eigenvalue weighted by molar-refractivity contribution is 6.37. The van der Waals surface area contributed by atoms with Crippen LogP contribution in [0, 0.1) is 11.3 Å². The summed E-state index contributed by atoms with van der Waals surface area (Å²) in [4.78, 5) is 22.6. The molecule has 1 aliphatic carbocycles. The van der Waals surface area contributed by atoms with E-state index in [4.69, 9.17) is 33.0 Å². The fraction of sp³-hybridized carbons (Fsp3) is 0.286. The number of anilines is 1. The van der Waals surface area contributed by atoms with Gasteiger partial charge >= 0.3 is 5.97 Å². The number of nitrogens with one attached hydrogen (secondary N) is 2. The Kier molecular flexibility index (Phi) is 7.03. The Morgan fingerprint density at radius 1 is 1.17 bits per heavy atom. The van der Waals surface area contributed by atoms with E-state index in [0.717, 1.165) is 24.1 Å². The zero-order valence-corrected chi connectivity index (χ0v) is 17.4. The number of hydrogen-bond donors (Lipinski definition) is 3. The Morgan fingerprint density at radius 3 is 2.43 bits per heavy atom. The second kappa shape index (κ2) is 9.70. The van der Waals surface area contributed by atoms with Crippen molar-refractivity contribution in [3.05, 3.63) is 57.1 Å². The maximum absolute atomic E-state index is 12.0. The van der Waals surface area contributed by atoms with E-state index in [1.54, 1.807) is 12.1 Å². The van der Waals surface area contributed by atoms with Crippen molar-refractivity contribution >= 4 is 40.8 Å². The smallest absolute Gasteiger partial charge is 0.322 e. The molecule has 0 saturated heterocycles. The molecule has 0 spiro atoms. The molecule has 0 bridgehead atoms. The van der Waals surface area contributed by atoms with Crippen LogP contribution in [0.2, 0.25) is 10.0 Å². The van der Waals surface area contributed by atoms with Crippen molar-refractivity contribution in [1.82, 2.24) is 5.32 Å². The van der Waals surface area contributed by atoms with Crippen molar-refractivity contribution in [3.63, 3.8) is 0 Å². The predicted molar refractivity (Wildman–Crippen MR) is 113 cm³/mol. The second-order valence-electron chi connectivity index (χ2n) is 6.94. The third kappa shape index (κ3) is 5.56. The SMILES string of the molecule is N#Cc1cc(COc2c(Cl)cc(C(=O)NCC(=O)O)cc2Cl)cc(NC2CCC2)c1.